The second kappa shape index (κ2) is 8.39. The molecule has 3 rings (SSSR count). The minimum absolute atomic E-state index is 0.224. The van der Waals surface area contributed by atoms with Crippen LogP contribution in [0.1, 0.15) is 17.7 Å². The van der Waals surface area contributed by atoms with Gasteiger partial charge in [0.25, 0.3) is 0 Å². The number of para-hydroxylation sites is 2. The van der Waals surface area contributed by atoms with Gasteiger partial charge in [-0.2, -0.15) is 4.98 Å². The summed E-state index contributed by atoms with van der Waals surface area (Å²) >= 11 is -1.42. The number of fused-ring (bicyclic) bond motifs is 1. The van der Waals surface area contributed by atoms with Gasteiger partial charge in [0.2, 0.25) is 0 Å². The van der Waals surface area contributed by atoms with Crippen molar-refractivity contribution in [2.75, 3.05) is 26.2 Å². The number of ether oxygens (including phenoxy) is 2. The lowest BCUT2D eigenvalue weighted by Crippen LogP contribution is -2.19. The Kier molecular flexibility index (Phi) is 5.97. The normalized spacial score (nSPS) is 12.4. The Morgan fingerprint density at radius 1 is 1.23 bits per heavy atom. The molecule has 1 aromatic carbocycles. The number of imidazole rings is 1. The molecule has 1 atom stereocenters. The van der Waals surface area contributed by atoms with Crippen LogP contribution in [0.2, 0.25) is 0 Å². The fraction of sp³-hybridized carbons (Fsp3) is 0.333. The van der Waals surface area contributed by atoms with E-state index in [0.717, 1.165) is 28.8 Å². The van der Waals surface area contributed by atoms with Crippen LogP contribution in [-0.4, -0.2) is 39.5 Å². The molecule has 0 amide bonds. The van der Waals surface area contributed by atoms with Crippen molar-refractivity contribution in [3.63, 3.8) is 0 Å². The lowest BCUT2D eigenvalue weighted by molar-refractivity contribution is 0.172. The highest BCUT2D eigenvalue weighted by molar-refractivity contribution is 7.90. The molecule has 0 aliphatic carbocycles. The number of aromatic nitrogens is 3. The van der Waals surface area contributed by atoms with E-state index in [9.17, 15) is 4.55 Å². The predicted molar refractivity (Wildman–Crippen MR) is 101 cm³/mol. The minimum atomic E-state index is -1.42. The minimum Gasteiger partial charge on any atom is -0.609 e. The van der Waals surface area contributed by atoms with Gasteiger partial charge in [-0.1, -0.05) is 12.1 Å². The quantitative estimate of drug-likeness (QED) is 0.369. The smallest absolute Gasteiger partial charge is 0.343 e. The number of pyridine rings is 1. The third kappa shape index (κ3) is 3.92. The largest absolute Gasteiger partial charge is 0.609 e. The lowest BCUT2D eigenvalue weighted by atomic mass is 10.2. The van der Waals surface area contributed by atoms with E-state index in [1.54, 1.807) is 13.3 Å². The molecule has 2 aromatic heterocycles. The molecule has 0 saturated heterocycles. The van der Waals surface area contributed by atoms with Gasteiger partial charge in [0.1, 0.15) is 5.75 Å². The van der Waals surface area contributed by atoms with E-state index in [4.69, 9.17) is 15.3 Å². The van der Waals surface area contributed by atoms with Crippen LogP contribution in [0.4, 0.5) is 0 Å². The van der Waals surface area contributed by atoms with Crippen molar-refractivity contribution in [3.8, 4) is 5.75 Å². The summed E-state index contributed by atoms with van der Waals surface area (Å²) in [7, 11) is 1.66. The third-order valence-corrected chi connectivity index (χ3v) is 5.27. The second-order valence-electron chi connectivity index (χ2n) is 5.82. The Morgan fingerprint density at radius 2 is 2.04 bits per heavy atom. The Balaban J connectivity index is 1.76. The van der Waals surface area contributed by atoms with Crippen LogP contribution in [0.25, 0.3) is 11.0 Å². The molecule has 0 fully saturated rings. The molecule has 0 bridgehead atoms. The van der Waals surface area contributed by atoms with Crippen molar-refractivity contribution in [3.05, 3.63) is 47.8 Å². The Hall–Kier alpha value is -2.29. The zero-order chi connectivity index (χ0) is 18.5. The second-order valence-corrected chi connectivity index (χ2v) is 7.16. The topological polar surface area (TPSA) is 98.2 Å². The highest BCUT2D eigenvalue weighted by Crippen LogP contribution is 2.24. The molecule has 1 unspecified atom stereocenters. The zero-order valence-corrected chi connectivity index (χ0v) is 15.7. The molecule has 0 aliphatic rings. The summed E-state index contributed by atoms with van der Waals surface area (Å²) < 4.78 is 25.0. The monoisotopic (exact) mass is 374 g/mol. The summed E-state index contributed by atoms with van der Waals surface area (Å²) in [6.45, 7) is 3.12. The first-order valence-corrected chi connectivity index (χ1v) is 9.61. The summed E-state index contributed by atoms with van der Waals surface area (Å²) in [6, 6.07) is 9.25. The van der Waals surface area contributed by atoms with E-state index in [1.807, 2.05) is 37.3 Å². The summed E-state index contributed by atoms with van der Waals surface area (Å²) in [5.74, 6) is 7.02. The first-order valence-electron chi connectivity index (χ1n) is 8.29. The van der Waals surface area contributed by atoms with Crippen LogP contribution in [0.3, 0.4) is 0 Å². The van der Waals surface area contributed by atoms with Crippen LogP contribution in [0.5, 0.6) is 5.75 Å². The van der Waals surface area contributed by atoms with E-state index in [0.29, 0.717) is 24.1 Å². The van der Waals surface area contributed by atoms with Gasteiger partial charge in [0.05, 0.1) is 23.3 Å². The van der Waals surface area contributed by atoms with E-state index in [1.165, 1.54) is 4.68 Å². The van der Waals surface area contributed by atoms with E-state index in [-0.39, 0.29) is 5.75 Å². The van der Waals surface area contributed by atoms with Crippen molar-refractivity contribution in [1.82, 2.24) is 14.6 Å². The molecule has 2 N–H and O–H groups in total. The van der Waals surface area contributed by atoms with Gasteiger partial charge in [0.15, 0.2) is 5.75 Å². The fourth-order valence-electron chi connectivity index (χ4n) is 2.62. The lowest BCUT2D eigenvalue weighted by Gasteiger charge is -2.13. The molecule has 2 heterocycles. The van der Waals surface area contributed by atoms with Crippen molar-refractivity contribution >= 4 is 22.2 Å². The zero-order valence-electron chi connectivity index (χ0n) is 14.8. The highest BCUT2D eigenvalue weighted by Gasteiger charge is 2.23. The first kappa shape index (κ1) is 18.5. The summed E-state index contributed by atoms with van der Waals surface area (Å²) in [4.78, 5) is 8.75. The maximum Gasteiger partial charge on any atom is 0.343 e. The number of hydrogen-bond acceptors (Lipinski definition) is 6. The molecular formula is C18H22N4O3S. The molecule has 8 heteroatoms. The van der Waals surface area contributed by atoms with Gasteiger partial charge < -0.3 is 19.9 Å². The number of hydrogen-bond donors (Lipinski definition) is 1. The Morgan fingerprint density at radius 3 is 2.81 bits per heavy atom. The molecular weight excluding hydrogens is 352 g/mol. The molecule has 0 saturated carbocycles. The van der Waals surface area contributed by atoms with E-state index in [2.05, 4.69) is 9.97 Å². The first-order chi connectivity index (χ1) is 12.6. The average Bonchev–Trinajstić information content (AvgIpc) is 2.99. The number of benzene rings is 1. The summed E-state index contributed by atoms with van der Waals surface area (Å²) in [5, 5.41) is 0.332. The number of nitrogens with zero attached hydrogens (tertiary/aromatic N) is 3. The SMILES string of the molecule is COCCCOc1ccnc(C[S+]([O-])c2nc3ccccc3n2N)c1C. The third-order valence-electron chi connectivity index (χ3n) is 4.04. The molecule has 138 valence electrons. The van der Waals surface area contributed by atoms with Crippen molar-refractivity contribution in [2.45, 2.75) is 24.3 Å². The fourth-order valence-corrected chi connectivity index (χ4v) is 3.80. The number of nitrogen functional groups attached to an aromatic ring is 1. The van der Waals surface area contributed by atoms with Gasteiger partial charge in [0, 0.05) is 43.1 Å². The van der Waals surface area contributed by atoms with Crippen LogP contribution in [0, 0.1) is 6.92 Å². The van der Waals surface area contributed by atoms with E-state index < -0.39 is 11.2 Å². The Labute approximate surface area is 155 Å². The van der Waals surface area contributed by atoms with Gasteiger partial charge in [-0.3, -0.25) is 4.98 Å². The molecule has 7 nitrogen and oxygen atoms in total. The maximum atomic E-state index is 12.8. The van der Waals surface area contributed by atoms with Crippen LogP contribution in [-0.2, 0) is 21.7 Å². The molecule has 0 spiro atoms. The standard InChI is InChI=1S/C18H22N4O3S/c1-13-15(20-9-8-17(13)25-11-5-10-24-2)12-26(23)18-21-14-6-3-4-7-16(14)22(18)19/h3-4,6-9H,5,10-12,19H2,1-2H3. The van der Waals surface area contributed by atoms with Crippen molar-refractivity contribution in [2.24, 2.45) is 0 Å². The van der Waals surface area contributed by atoms with Crippen molar-refractivity contribution in [1.29, 1.82) is 0 Å². The summed E-state index contributed by atoms with van der Waals surface area (Å²) in [6.07, 6.45) is 2.47. The van der Waals surface area contributed by atoms with Gasteiger partial charge in [-0.15, -0.1) is 0 Å². The highest BCUT2D eigenvalue weighted by atomic mass is 32.2. The van der Waals surface area contributed by atoms with Gasteiger partial charge in [-0.05, 0) is 25.1 Å². The molecule has 0 radical (unpaired) electrons. The molecule has 3 aromatic rings. The van der Waals surface area contributed by atoms with Crippen LogP contribution >= 0.6 is 0 Å². The van der Waals surface area contributed by atoms with Crippen molar-refractivity contribution < 1.29 is 14.0 Å². The van der Waals surface area contributed by atoms with Crippen LogP contribution < -0.4 is 10.6 Å². The predicted octanol–water partition coefficient (Wildman–Crippen LogP) is 2.18. The number of nitrogens with two attached hydrogens (primary N) is 1. The Bertz CT molecular complexity index is 884. The van der Waals surface area contributed by atoms with E-state index >= 15 is 0 Å². The molecule has 0 aliphatic heterocycles. The number of rotatable bonds is 8. The molecule has 26 heavy (non-hydrogen) atoms. The summed E-state index contributed by atoms with van der Waals surface area (Å²) in [5.41, 5.74) is 3.05. The number of methoxy groups -OCH3 is 1. The average molecular weight is 374 g/mol. The maximum absolute atomic E-state index is 12.8. The van der Waals surface area contributed by atoms with Gasteiger partial charge >= 0.3 is 5.16 Å². The van der Waals surface area contributed by atoms with Crippen LogP contribution in [0.15, 0.2) is 41.7 Å². The van der Waals surface area contributed by atoms with Gasteiger partial charge in [-0.25, -0.2) is 4.68 Å².